The van der Waals surface area contributed by atoms with Gasteiger partial charge < -0.3 is 41.9 Å². The van der Waals surface area contributed by atoms with Gasteiger partial charge in [-0.3, -0.25) is 29.2 Å². The number of phenols is 1. The molecular weight excluding hydrogens is 712 g/mol. The molecule has 1 fully saturated rings. The minimum atomic E-state index is -1.61. The number of hydrogen-bond donors (Lipinski definition) is 8. The molecule has 3 aliphatic heterocycles. The number of carbonyl (C=O) groups excluding carboxylic acids is 4. The summed E-state index contributed by atoms with van der Waals surface area (Å²) in [5, 5.41) is 35.7. The van der Waals surface area contributed by atoms with Crippen LogP contribution in [0.5, 0.6) is 5.75 Å². The number of aliphatic hydroxyl groups is 1. The molecule has 5 rings (SSSR count). The fourth-order valence-electron chi connectivity index (χ4n) is 5.00. The van der Waals surface area contributed by atoms with Crippen molar-refractivity contribution in [3.8, 4) is 5.75 Å². The molecule has 4 amide bonds. The van der Waals surface area contributed by atoms with Crippen molar-refractivity contribution >= 4 is 70.9 Å². The second-order valence-electron chi connectivity index (χ2n) is 10.3. The number of β-lactam (4-membered cyclic amide) rings is 1. The molecule has 256 valence electrons. The van der Waals surface area contributed by atoms with E-state index in [0.717, 1.165) is 15.3 Å². The molecule has 22 heteroatoms. The third-order valence-electron chi connectivity index (χ3n) is 7.23. The molecule has 9 N–H and O–H groups in total. The zero-order valence-electron chi connectivity index (χ0n) is 26.2. The van der Waals surface area contributed by atoms with E-state index in [1.54, 1.807) is 17.8 Å². The minimum absolute atomic E-state index is 0. The number of aromatic amines is 1. The van der Waals surface area contributed by atoms with Gasteiger partial charge in [-0.15, -0.1) is 23.5 Å². The number of amides is 4. The van der Waals surface area contributed by atoms with Crippen LogP contribution in [0, 0.1) is 0 Å². The number of aliphatic carboxylic acids is 1. The number of thioether (sulfide) groups is 2. The number of fused-ring (bicyclic) bond motifs is 1. The number of anilines is 2. The van der Waals surface area contributed by atoms with Crippen LogP contribution in [0.2, 0.25) is 0 Å². The molecule has 0 saturated carbocycles. The van der Waals surface area contributed by atoms with E-state index in [0.29, 0.717) is 23.4 Å². The third kappa shape index (κ3) is 8.49. The quantitative estimate of drug-likeness (QED) is 0.0392. The van der Waals surface area contributed by atoms with E-state index < -0.39 is 46.8 Å². The van der Waals surface area contributed by atoms with Gasteiger partial charge >= 0.3 is 35.6 Å². The zero-order chi connectivity index (χ0) is 34.5. The van der Waals surface area contributed by atoms with Crippen molar-refractivity contribution < 1.29 is 64.1 Å². The molecule has 2 unspecified atom stereocenters. The van der Waals surface area contributed by atoms with Crippen LogP contribution >= 0.6 is 35.5 Å². The molecular formula is C27H31N10NaO8S3. The number of H-pyrrole nitrogens is 1. The summed E-state index contributed by atoms with van der Waals surface area (Å²) in [7, 11) is 1.73. The van der Waals surface area contributed by atoms with Gasteiger partial charge in [-0.25, -0.2) is 15.2 Å². The maximum absolute atomic E-state index is 14.0. The van der Waals surface area contributed by atoms with Gasteiger partial charge in [0, 0.05) is 49.9 Å². The van der Waals surface area contributed by atoms with Gasteiger partial charge in [0.1, 0.15) is 28.9 Å². The van der Waals surface area contributed by atoms with Crippen LogP contribution < -0.4 is 72.3 Å². The van der Waals surface area contributed by atoms with Crippen LogP contribution in [0.25, 0.3) is 0 Å². The maximum atomic E-state index is 14.0. The van der Waals surface area contributed by atoms with Crippen LogP contribution in [0.1, 0.15) is 18.0 Å². The number of carboxylic acid groups (broad SMARTS) is 1. The fraction of sp³-hybridized carbons (Fsp3) is 0.333. The van der Waals surface area contributed by atoms with Crippen molar-refractivity contribution in [3.05, 3.63) is 68.1 Å². The number of nitrogens with zero attached hydrogens (tertiary/aromatic N) is 4. The van der Waals surface area contributed by atoms with Crippen molar-refractivity contribution in [2.45, 2.75) is 23.9 Å². The largest absolute Gasteiger partial charge is 1.00 e. The molecule has 1 aromatic carbocycles. The third-order valence-corrected chi connectivity index (χ3v) is 10.8. The van der Waals surface area contributed by atoms with Gasteiger partial charge in [0.25, 0.3) is 11.5 Å². The predicted octanol–water partition coefficient (Wildman–Crippen LogP) is -4.56. The first-order chi connectivity index (χ1) is 23.0. The molecule has 49 heavy (non-hydrogen) atoms. The smallest absolute Gasteiger partial charge is 0.543 e. The zero-order valence-corrected chi connectivity index (χ0v) is 30.6. The van der Waals surface area contributed by atoms with E-state index in [2.05, 4.69) is 31.5 Å². The van der Waals surface area contributed by atoms with Crippen molar-refractivity contribution in [3.63, 3.8) is 0 Å². The Morgan fingerprint density at radius 1 is 1.27 bits per heavy atom. The van der Waals surface area contributed by atoms with Gasteiger partial charge in [0.15, 0.2) is 0 Å². The van der Waals surface area contributed by atoms with Gasteiger partial charge in [0.05, 0.1) is 22.1 Å². The number of urea groups is 1. The van der Waals surface area contributed by atoms with Crippen molar-refractivity contribution in [2.75, 3.05) is 41.9 Å². The molecule has 0 aliphatic carbocycles. The molecule has 0 radical (unpaired) electrons. The van der Waals surface area contributed by atoms with Crippen molar-refractivity contribution in [1.29, 1.82) is 0 Å². The van der Waals surface area contributed by atoms with Crippen molar-refractivity contribution in [1.82, 2.24) is 35.6 Å². The Labute approximate surface area is 314 Å². The second kappa shape index (κ2) is 17.0. The average molecular weight is 743 g/mol. The van der Waals surface area contributed by atoms with Crippen molar-refractivity contribution in [2.24, 2.45) is 5.73 Å². The summed E-state index contributed by atoms with van der Waals surface area (Å²) in [5.41, 5.74) is 10.7. The molecule has 0 spiro atoms. The molecule has 2 aromatic rings. The summed E-state index contributed by atoms with van der Waals surface area (Å²) in [6, 6.07) is 1.23. The number of carbonyl (C=O) groups is 4. The van der Waals surface area contributed by atoms with E-state index in [-0.39, 0.29) is 76.3 Å². The van der Waals surface area contributed by atoms with Crippen LogP contribution in [-0.4, -0.2) is 96.5 Å². The molecule has 1 aromatic heterocycles. The number of hydrazine groups is 2. The van der Waals surface area contributed by atoms with Crippen LogP contribution in [0.15, 0.2) is 57.0 Å². The number of primary amides is 1. The number of nitrogens with two attached hydrogens (primary N) is 1. The number of rotatable bonds is 14. The van der Waals surface area contributed by atoms with Gasteiger partial charge in [-0.1, -0.05) is 16.7 Å². The Morgan fingerprint density at radius 3 is 2.61 bits per heavy atom. The van der Waals surface area contributed by atoms with Gasteiger partial charge in [-0.2, -0.15) is 0 Å². The number of hydrogen-bond acceptors (Lipinski definition) is 16. The Kier molecular flexibility index (Phi) is 13.3. The minimum Gasteiger partial charge on any atom is -0.543 e. The standard InChI is InChI=1S/C27H32N10O8S3.Na/c1-29-37-32-10-17(48-37)46-11-14-12-47-24-18(23(42)36(24)20(14)25(43)44)33-22(41)19(13-3-5-15(39)6-4-13)35(26(28)45)16-9-31-27(34-21(16)40)30-7-2-8-38;/h3-6,9-10,18-19,24,29,32,38-39H,2,7-8,11-12H2,1H3,(H2,28,45)(H,33,41)(H,43,44)(H2,30,31,34,40);/q;+1/p-1/t18?,19?,24-;/m0./s1. The van der Waals surface area contributed by atoms with E-state index in [9.17, 15) is 34.2 Å². The van der Waals surface area contributed by atoms with Crippen LogP contribution in [-0.2, 0) is 14.4 Å². The summed E-state index contributed by atoms with van der Waals surface area (Å²) < 4.78 is 2.52. The fourth-order valence-corrected chi connectivity index (χ4v) is 8.26. The average Bonchev–Trinajstić information content (AvgIpc) is 3.53. The normalized spacial score (nSPS) is 19.1. The number of benzene rings is 1. The first-order valence-corrected chi connectivity index (χ1v) is 17.1. The van der Waals surface area contributed by atoms with Gasteiger partial charge in [0.2, 0.25) is 11.9 Å². The summed E-state index contributed by atoms with van der Waals surface area (Å²) in [4.78, 5) is 73.9. The molecule has 0 bridgehead atoms. The number of aliphatic hydroxyl groups excluding tert-OH is 1. The number of nitrogens with one attached hydrogen (secondary N) is 5. The molecule has 3 aliphatic rings. The van der Waals surface area contributed by atoms with E-state index in [1.165, 1.54) is 59.7 Å². The Morgan fingerprint density at radius 2 is 2.00 bits per heavy atom. The second-order valence-corrected chi connectivity index (χ2v) is 13.6. The number of carboxylic acids is 1. The summed E-state index contributed by atoms with van der Waals surface area (Å²) >= 11 is 4.00. The Balaban J connectivity index is 0.00000541. The maximum Gasteiger partial charge on any atom is 1.00 e. The molecule has 1 saturated heterocycles. The van der Waals surface area contributed by atoms with Gasteiger partial charge in [-0.05, 0) is 29.7 Å². The summed E-state index contributed by atoms with van der Waals surface area (Å²) in [6.45, 7) is 0.202. The van der Waals surface area contributed by atoms with E-state index in [1.807, 2.05) is 0 Å². The Hall–Kier alpha value is -3.41. The summed E-state index contributed by atoms with van der Waals surface area (Å²) in [5.74, 6) is -2.71. The number of aromatic nitrogens is 2. The van der Waals surface area contributed by atoms with Crippen LogP contribution in [0.4, 0.5) is 16.4 Å². The van der Waals surface area contributed by atoms with E-state index in [4.69, 9.17) is 10.8 Å². The molecule has 3 atom stereocenters. The number of aromatic hydroxyl groups is 1. The number of phenolic OH excluding ortho intramolecular Hbond substituents is 1. The molecule has 18 nitrogen and oxygen atoms in total. The summed E-state index contributed by atoms with van der Waals surface area (Å²) in [6.07, 6.45) is 3.17. The first kappa shape index (κ1) is 38.4. The first-order valence-electron chi connectivity index (χ1n) is 14.3. The van der Waals surface area contributed by atoms with Crippen LogP contribution in [0.3, 0.4) is 0 Å². The monoisotopic (exact) mass is 742 g/mol. The molecule has 4 heterocycles. The predicted molar refractivity (Wildman–Crippen MR) is 177 cm³/mol. The topological polar surface area (TPSA) is 261 Å². The SMILES string of the molecule is CNN1NC=C(SCC2=C(C(=O)[O-])N3C(=O)C(NC(=O)C(c4ccc(O)cc4)N(C(N)=O)c4cnc(NCCCO)[nH]c4=O)[C@@H]3SC2)S1.[Na+]. The van der Waals surface area contributed by atoms with E-state index >= 15 is 0 Å². The Bertz CT molecular complexity index is 1710.